The first kappa shape index (κ1) is 16.8. The summed E-state index contributed by atoms with van der Waals surface area (Å²) in [5.74, 6) is -2.05. The number of benzene rings is 2. The largest absolute Gasteiger partial charge is 0.497 e. The molecular weight excluding hydrogens is 325 g/mol. The molecule has 2 aromatic rings. The van der Waals surface area contributed by atoms with E-state index in [9.17, 15) is 14.0 Å². The highest BCUT2D eigenvalue weighted by Crippen LogP contribution is 2.20. The van der Waals surface area contributed by atoms with Gasteiger partial charge in [0.15, 0.2) is 6.61 Å². The molecule has 5 nitrogen and oxygen atoms in total. The van der Waals surface area contributed by atoms with Crippen molar-refractivity contribution < 1.29 is 23.5 Å². The number of esters is 1. The van der Waals surface area contributed by atoms with E-state index in [1.807, 2.05) is 0 Å². The van der Waals surface area contributed by atoms with Crippen LogP contribution in [0, 0.1) is 5.82 Å². The second kappa shape index (κ2) is 7.60. The van der Waals surface area contributed by atoms with E-state index in [1.165, 1.54) is 19.2 Å². The molecule has 0 aliphatic heterocycles. The molecule has 0 bridgehead atoms. The van der Waals surface area contributed by atoms with Gasteiger partial charge in [-0.25, -0.2) is 9.18 Å². The van der Waals surface area contributed by atoms with Crippen molar-refractivity contribution in [3.63, 3.8) is 0 Å². The molecule has 2 rings (SSSR count). The first-order valence-electron chi connectivity index (χ1n) is 6.56. The number of carbonyl (C=O) groups excluding carboxylic acids is 2. The summed E-state index contributed by atoms with van der Waals surface area (Å²) in [6.45, 7) is -0.560. The van der Waals surface area contributed by atoms with E-state index in [4.69, 9.17) is 21.1 Å². The van der Waals surface area contributed by atoms with Crippen molar-refractivity contribution in [2.45, 2.75) is 0 Å². The molecule has 7 heteroatoms. The zero-order valence-corrected chi connectivity index (χ0v) is 12.9. The van der Waals surface area contributed by atoms with Crippen LogP contribution in [-0.2, 0) is 9.53 Å². The minimum Gasteiger partial charge on any atom is -0.497 e. The number of amides is 1. The summed E-state index contributed by atoms with van der Waals surface area (Å²) in [6, 6.07) is 10.3. The van der Waals surface area contributed by atoms with Crippen LogP contribution in [0.2, 0.25) is 5.02 Å². The van der Waals surface area contributed by atoms with Gasteiger partial charge in [0.1, 0.15) is 11.6 Å². The molecule has 0 heterocycles. The molecular formula is C16H13ClFNO4. The van der Waals surface area contributed by atoms with Gasteiger partial charge in [0, 0.05) is 6.07 Å². The molecule has 0 saturated carbocycles. The smallest absolute Gasteiger partial charge is 0.341 e. The number of para-hydroxylation sites is 1. The maximum absolute atomic E-state index is 13.7. The molecule has 120 valence electrons. The van der Waals surface area contributed by atoms with Crippen molar-refractivity contribution in [3.8, 4) is 5.75 Å². The monoisotopic (exact) mass is 337 g/mol. The topological polar surface area (TPSA) is 64.6 Å². The third-order valence-electron chi connectivity index (χ3n) is 2.88. The van der Waals surface area contributed by atoms with E-state index in [-0.39, 0.29) is 11.3 Å². The number of anilines is 1. The Kier molecular flexibility index (Phi) is 5.54. The number of methoxy groups -OCH3 is 1. The predicted octanol–water partition coefficient (Wildman–Crippen LogP) is 3.28. The quantitative estimate of drug-likeness (QED) is 0.850. The fraction of sp³-hybridized carbons (Fsp3) is 0.125. The maximum atomic E-state index is 13.7. The number of nitrogens with one attached hydrogen (secondary N) is 1. The first-order chi connectivity index (χ1) is 11.0. The molecule has 0 aromatic heterocycles. The molecule has 1 N–H and O–H groups in total. The van der Waals surface area contributed by atoms with Crippen LogP contribution in [0.1, 0.15) is 10.4 Å². The Bertz CT molecular complexity index is 736. The summed E-state index contributed by atoms with van der Waals surface area (Å²) in [7, 11) is 1.38. The van der Waals surface area contributed by atoms with Gasteiger partial charge >= 0.3 is 5.97 Å². The van der Waals surface area contributed by atoms with E-state index in [0.717, 1.165) is 6.07 Å². The Morgan fingerprint density at radius 1 is 1.22 bits per heavy atom. The third-order valence-corrected chi connectivity index (χ3v) is 3.21. The lowest BCUT2D eigenvalue weighted by atomic mass is 10.2. The van der Waals surface area contributed by atoms with Crippen LogP contribution in [0.25, 0.3) is 0 Å². The Morgan fingerprint density at radius 3 is 2.61 bits per heavy atom. The highest BCUT2D eigenvalue weighted by atomic mass is 35.5. The van der Waals surface area contributed by atoms with Crippen molar-refractivity contribution in [1.29, 1.82) is 0 Å². The lowest BCUT2D eigenvalue weighted by Gasteiger charge is -2.08. The summed E-state index contributed by atoms with van der Waals surface area (Å²) < 4.78 is 23.3. The Hall–Kier alpha value is -2.60. The minimum atomic E-state index is -0.945. The van der Waals surface area contributed by atoms with Crippen molar-refractivity contribution in [2.75, 3.05) is 19.0 Å². The van der Waals surface area contributed by atoms with Gasteiger partial charge < -0.3 is 14.8 Å². The van der Waals surface area contributed by atoms with Gasteiger partial charge in [0.2, 0.25) is 0 Å². The fourth-order valence-electron chi connectivity index (χ4n) is 1.75. The van der Waals surface area contributed by atoms with E-state index in [2.05, 4.69) is 5.32 Å². The minimum absolute atomic E-state index is 0.274. The van der Waals surface area contributed by atoms with Crippen LogP contribution in [0.5, 0.6) is 5.75 Å². The third kappa shape index (κ3) is 4.43. The van der Waals surface area contributed by atoms with Gasteiger partial charge in [0.05, 0.1) is 23.4 Å². The van der Waals surface area contributed by atoms with Crippen molar-refractivity contribution in [3.05, 3.63) is 58.9 Å². The summed E-state index contributed by atoms with van der Waals surface area (Å²) in [4.78, 5) is 23.5. The highest BCUT2D eigenvalue weighted by molar-refractivity contribution is 6.33. The normalized spacial score (nSPS) is 10.0. The van der Waals surface area contributed by atoms with Gasteiger partial charge in [-0.05, 0) is 24.3 Å². The summed E-state index contributed by atoms with van der Waals surface area (Å²) in [5, 5.41) is 2.84. The molecule has 1 amide bonds. The molecule has 2 aromatic carbocycles. The molecule has 0 unspecified atom stereocenters. The molecule has 0 aliphatic rings. The highest BCUT2D eigenvalue weighted by Gasteiger charge is 2.16. The van der Waals surface area contributed by atoms with Crippen LogP contribution in [0.15, 0.2) is 42.5 Å². The van der Waals surface area contributed by atoms with Crippen LogP contribution in [-0.4, -0.2) is 25.6 Å². The lowest BCUT2D eigenvalue weighted by molar-refractivity contribution is -0.119. The zero-order valence-electron chi connectivity index (χ0n) is 12.1. The van der Waals surface area contributed by atoms with Gasteiger partial charge in [-0.2, -0.15) is 0 Å². The van der Waals surface area contributed by atoms with Gasteiger partial charge in [-0.3, -0.25) is 4.79 Å². The van der Waals surface area contributed by atoms with E-state index >= 15 is 0 Å². The van der Waals surface area contributed by atoms with Crippen LogP contribution in [0.3, 0.4) is 0 Å². The average Bonchev–Trinajstić information content (AvgIpc) is 2.54. The standard InChI is InChI=1S/C16H13ClFNO4/c1-22-10-6-7-11(13(18)8-10)16(21)23-9-15(20)19-14-5-3-2-4-12(14)17/h2-8H,9H2,1H3,(H,19,20). The molecule has 23 heavy (non-hydrogen) atoms. The second-order valence-electron chi connectivity index (χ2n) is 4.45. The van der Waals surface area contributed by atoms with Crippen LogP contribution in [0.4, 0.5) is 10.1 Å². The summed E-state index contributed by atoms with van der Waals surface area (Å²) in [6.07, 6.45) is 0. The van der Waals surface area contributed by atoms with Crippen molar-refractivity contribution in [2.24, 2.45) is 0 Å². The van der Waals surface area contributed by atoms with E-state index < -0.39 is 24.3 Å². The van der Waals surface area contributed by atoms with Gasteiger partial charge in [0.25, 0.3) is 5.91 Å². The Labute approximate surface area is 137 Å². The molecule has 0 aliphatic carbocycles. The number of hydrogen-bond acceptors (Lipinski definition) is 4. The van der Waals surface area contributed by atoms with Crippen molar-refractivity contribution >= 4 is 29.2 Å². The molecule has 0 fully saturated rings. The lowest BCUT2D eigenvalue weighted by Crippen LogP contribution is -2.21. The molecule has 0 spiro atoms. The van der Waals surface area contributed by atoms with Crippen LogP contribution < -0.4 is 10.1 Å². The number of halogens is 2. The fourth-order valence-corrected chi connectivity index (χ4v) is 1.93. The molecule has 0 atom stereocenters. The van der Waals surface area contributed by atoms with Gasteiger partial charge in [-0.1, -0.05) is 23.7 Å². The predicted molar refractivity (Wildman–Crippen MR) is 83.3 cm³/mol. The maximum Gasteiger partial charge on any atom is 0.341 e. The second-order valence-corrected chi connectivity index (χ2v) is 4.86. The van der Waals surface area contributed by atoms with E-state index in [1.54, 1.807) is 24.3 Å². The number of rotatable bonds is 5. The molecule has 0 radical (unpaired) electrons. The van der Waals surface area contributed by atoms with Crippen molar-refractivity contribution in [1.82, 2.24) is 0 Å². The van der Waals surface area contributed by atoms with Gasteiger partial charge in [-0.15, -0.1) is 0 Å². The first-order valence-corrected chi connectivity index (χ1v) is 6.94. The number of hydrogen-bond donors (Lipinski definition) is 1. The van der Waals surface area contributed by atoms with Crippen LogP contribution >= 0.6 is 11.6 Å². The SMILES string of the molecule is COc1ccc(C(=O)OCC(=O)Nc2ccccc2Cl)c(F)c1. The summed E-state index contributed by atoms with van der Waals surface area (Å²) >= 11 is 5.89. The molecule has 0 saturated heterocycles. The Morgan fingerprint density at radius 2 is 1.96 bits per heavy atom. The zero-order chi connectivity index (χ0) is 16.8. The number of ether oxygens (including phenoxy) is 2. The number of carbonyl (C=O) groups is 2. The van der Waals surface area contributed by atoms with E-state index in [0.29, 0.717) is 10.7 Å². The Balaban J connectivity index is 1.94. The summed E-state index contributed by atoms with van der Waals surface area (Å²) in [5.41, 5.74) is 0.113. The average molecular weight is 338 g/mol.